The first kappa shape index (κ1) is 20.1. The second-order valence-electron chi connectivity index (χ2n) is 5.76. The SMILES string of the molecule is CC(=O)Nc1cccc(NC(=O)CCCCNS(=O)(=O)C(C)C)c1. The first-order chi connectivity index (χ1) is 11.2. The van der Waals surface area contributed by atoms with Crippen molar-refractivity contribution in [1.82, 2.24) is 4.72 Å². The number of benzene rings is 1. The number of amides is 2. The first-order valence-corrected chi connectivity index (χ1v) is 9.41. The molecule has 0 aromatic heterocycles. The molecule has 0 saturated heterocycles. The Bertz CT molecular complexity index is 672. The van der Waals surface area contributed by atoms with Gasteiger partial charge in [-0.1, -0.05) is 6.07 Å². The van der Waals surface area contributed by atoms with Gasteiger partial charge in [-0.25, -0.2) is 13.1 Å². The molecule has 134 valence electrons. The van der Waals surface area contributed by atoms with Gasteiger partial charge in [-0.2, -0.15) is 0 Å². The van der Waals surface area contributed by atoms with Crippen molar-refractivity contribution >= 4 is 33.2 Å². The highest BCUT2D eigenvalue weighted by Crippen LogP contribution is 2.15. The van der Waals surface area contributed by atoms with E-state index in [0.29, 0.717) is 37.2 Å². The van der Waals surface area contributed by atoms with Crippen molar-refractivity contribution in [3.63, 3.8) is 0 Å². The molecular formula is C16H25N3O4S. The summed E-state index contributed by atoms with van der Waals surface area (Å²) in [6.45, 7) is 4.97. The van der Waals surface area contributed by atoms with E-state index in [1.807, 2.05) is 0 Å². The standard InChI is InChI=1S/C16H25N3O4S/c1-12(2)24(22,23)17-10-5-4-9-16(21)19-15-8-6-7-14(11-15)18-13(3)20/h6-8,11-12,17H,4-5,9-10H2,1-3H3,(H,18,20)(H,19,21). The van der Waals surface area contributed by atoms with Crippen LogP contribution in [0.4, 0.5) is 11.4 Å². The van der Waals surface area contributed by atoms with E-state index < -0.39 is 15.3 Å². The predicted molar refractivity (Wildman–Crippen MR) is 95.3 cm³/mol. The van der Waals surface area contributed by atoms with Crippen molar-refractivity contribution in [1.29, 1.82) is 0 Å². The van der Waals surface area contributed by atoms with Crippen LogP contribution in [0.25, 0.3) is 0 Å². The Morgan fingerprint density at radius 1 is 1.08 bits per heavy atom. The van der Waals surface area contributed by atoms with Crippen LogP contribution in [0.5, 0.6) is 0 Å². The number of hydrogen-bond donors (Lipinski definition) is 3. The van der Waals surface area contributed by atoms with Crippen molar-refractivity contribution in [2.45, 2.75) is 45.3 Å². The molecule has 0 fully saturated rings. The topological polar surface area (TPSA) is 104 Å². The molecule has 0 spiro atoms. The number of anilines is 2. The number of carbonyl (C=O) groups excluding carboxylic acids is 2. The van der Waals surface area contributed by atoms with Gasteiger partial charge in [0, 0.05) is 31.3 Å². The van der Waals surface area contributed by atoms with Crippen LogP contribution in [0.15, 0.2) is 24.3 Å². The van der Waals surface area contributed by atoms with Crippen LogP contribution in [0.3, 0.4) is 0 Å². The lowest BCUT2D eigenvalue weighted by Gasteiger charge is -2.10. The molecule has 0 aliphatic heterocycles. The lowest BCUT2D eigenvalue weighted by molar-refractivity contribution is -0.116. The maximum Gasteiger partial charge on any atom is 0.224 e. The summed E-state index contributed by atoms with van der Waals surface area (Å²) in [5, 5.41) is 4.94. The van der Waals surface area contributed by atoms with Crippen molar-refractivity contribution in [3.8, 4) is 0 Å². The zero-order valence-electron chi connectivity index (χ0n) is 14.3. The largest absolute Gasteiger partial charge is 0.326 e. The predicted octanol–water partition coefficient (Wildman–Crippen LogP) is 2.08. The Balaban J connectivity index is 2.33. The van der Waals surface area contributed by atoms with E-state index in [1.165, 1.54) is 6.92 Å². The van der Waals surface area contributed by atoms with Crippen molar-refractivity contribution < 1.29 is 18.0 Å². The molecule has 0 unspecified atom stereocenters. The zero-order valence-corrected chi connectivity index (χ0v) is 15.1. The van der Waals surface area contributed by atoms with Crippen LogP contribution in [-0.2, 0) is 19.6 Å². The quantitative estimate of drug-likeness (QED) is 0.590. The molecule has 0 heterocycles. The van der Waals surface area contributed by atoms with Crippen LogP contribution in [0, 0.1) is 0 Å². The summed E-state index contributed by atoms with van der Waals surface area (Å²) in [4.78, 5) is 22.9. The van der Waals surface area contributed by atoms with Crippen molar-refractivity contribution in [3.05, 3.63) is 24.3 Å². The number of rotatable bonds is 9. The van der Waals surface area contributed by atoms with Crippen molar-refractivity contribution in [2.24, 2.45) is 0 Å². The Morgan fingerprint density at radius 2 is 1.71 bits per heavy atom. The third kappa shape index (κ3) is 7.56. The van der Waals surface area contributed by atoms with Crippen LogP contribution in [-0.4, -0.2) is 32.0 Å². The molecular weight excluding hydrogens is 330 g/mol. The van der Waals surface area contributed by atoms with Gasteiger partial charge in [0.2, 0.25) is 21.8 Å². The monoisotopic (exact) mass is 355 g/mol. The average Bonchev–Trinajstić information content (AvgIpc) is 2.46. The molecule has 1 aromatic rings. The molecule has 24 heavy (non-hydrogen) atoms. The summed E-state index contributed by atoms with van der Waals surface area (Å²) in [7, 11) is -3.25. The van der Waals surface area contributed by atoms with E-state index in [0.717, 1.165) is 0 Å². The lowest BCUT2D eigenvalue weighted by atomic mass is 10.2. The zero-order chi connectivity index (χ0) is 18.2. The normalized spacial score (nSPS) is 11.3. The second kappa shape index (κ2) is 9.39. The Kier molecular flexibility index (Phi) is 7.87. The summed E-state index contributed by atoms with van der Waals surface area (Å²) in [6, 6.07) is 6.88. The fourth-order valence-corrected chi connectivity index (χ4v) is 2.66. The van der Waals surface area contributed by atoms with Gasteiger partial charge in [0.15, 0.2) is 0 Å². The minimum atomic E-state index is -3.25. The minimum absolute atomic E-state index is 0.151. The maximum absolute atomic E-state index is 11.9. The first-order valence-electron chi connectivity index (χ1n) is 7.86. The van der Waals surface area contributed by atoms with Gasteiger partial charge in [-0.15, -0.1) is 0 Å². The third-order valence-electron chi connectivity index (χ3n) is 3.22. The van der Waals surface area contributed by atoms with Crippen LogP contribution < -0.4 is 15.4 Å². The fraction of sp³-hybridized carbons (Fsp3) is 0.500. The third-order valence-corrected chi connectivity index (χ3v) is 5.07. The highest BCUT2D eigenvalue weighted by atomic mass is 32.2. The van der Waals surface area contributed by atoms with E-state index >= 15 is 0 Å². The minimum Gasteiger partial charge on any atom is -0.326 e. The van der Waals surface area contributed by atoms with Gasteiger partial charge < -0.3 is 10.6 Å². The molecule has 0 bridgehead atoms. The van der Waals surface area contributed by atoms with E-state index in [-0.39, 0.29) is 11.8 Å². The highest BCUT2D eigenvalue weighted by molar-refractivity contribution is 7.90. The Labute approximate surface area is 143 Å². The van der Waals surface area contributed by atoms with Crippen LogP contribution in [0.1, 0.15) is 40.0 Å². The van der Waals surface area contributed by atoms with Gasteiger partial charge in [0.25, 0.3) is 0 Å². The summed E-state index contributed by atoms with van der Waals surface area (Å²) in [5.74, 6) is -0.330. The molecule has 2 amide bonds. The number of unbranched alkanes of at least 4 members (excludes halogenated alkanes) is 1. The summed E-state index contributed by atoms with van der Waals surface area (Å²) < 4.78 is 25.6. The van der Waals surface area contributed by atoms with E-state index in [1.54, 1.807) is 38.1 Å². The molecule has 0 aliphatic carbocycles. The lowest BCUT2D eigenvalue weighted by Crippen LogP contribution is -2.31. The number of nitrogens with one attached hydrogen (secondary N) is 3. The van der Waals surface area contributed by atoms with Gasteiger partial charge in [-0.3, -0.25) is 9.59 Å². The summed E-state index contributed by atoms with van der Waals surface area (Å²) in [6.07, 6.45) is 1.47. The molecule has 8 heteroatoms. The fourth-order valence-electron chi connectivity index (χ4n) is 1.89. The second-order valence-corrected chi connectivity index (χ2v) is 8.08. The molecule has 3 N–H and O–H groups in total. The van der Waals surface area contributed by atoms with Gasteiger partial charge >= 0.3 is 0 Å². The molecule has 0 saturated carbocycles. The average molecular weight is 355 g/mol. The van der Waals surface area contributed by atoms with E-state index in [4.69, 9.17) is 0 Å². The Hall–Kier alpha value is -1.93. The molecule has 1 aromatic carbocycles. The van der Waals surface area contributed by atoms with E-state index in [9.17, 15) is 18.0 Å². The number of carbonyl (C=O) groups is 2. The van der Waals surface area contributed by atoms with Gasteiger partial charge in [0.05, 0.1) is 5.25 Å². The van der Waals surface area contributed by atoms with E-state index in [2.05, 4.69) is 15.4 Å². The smallest absolute Gasteiger partial charge is 0.224 e. The molecule has 7 nitrogen and oxygen atoms in total. The summed E-state index contributed by atoms with van der Waals surface area (Å²) in [5.41, 5.74) is 1.22. The molecule has 1 rings (SSSR count). The summed E-state index contributed by atoms with van der Waals surface area (Å²) >= 11 is 0. The molecule has 0 aliphatic rings. The number of hydrogen-bond acceptors (Lipinski definition) is 4. The van der Waals surface area contributed by atoms with Crippen LogP contribution >= 0.6 is 0 Å². The van der Waals surface area contributed by atoms with Crippen molar-refractivity contribution in [2.75, 3.05) is 17.2 Å². The van der Waals surface area contributed by atoms with Gasteiger partial charge in [0.1, 0.15) is 0 Å². The Morgan fingerprint density at radius 3 is 2.29 bits per heavy atom. The number of sulfonamides is 1. The molecule has 0 atom stereocenters. The highest BCUT2D eigenvalue weighted by Gasteiger charge is 2.14. The van der Waals surface area contributed by atoms with Crippen LogP contribution in [0.2, 0.25) is 0 Å². The van der Waals surface area contributed by atoms with Gasteiger partial charge in [-0.05, 0) is 44.9 Å². The maximum atomic E-state index is 11.9. The molecule has 0 radical (unpaired) electrons.